The van der Waals surface area contributed by atoms with E-state index >= 15 is 0 Å². The number of ether oxygens (including phenoxy) is 1. The molecule has 29 heavy (non-hydrogen) atoms. The highest BCUT2D eigenvalue weighted by Crippen LogP contribution is 2.21. The highest BCUT2D eigenvalue weighted by Gasteiger charge is 2.17. The van der Waals surface area contributed by atoms with Gasteiger partial charge in [0.2, 0.25) is 5.95 Å². The average molecular weight is 397 g/mol. The number of guanidine groups is 1. The summed E-state index contributed by atoms with van der Waals surface area (Å²) >= 11 is 0. The normalized spacial score (nSPS) is 14.2. The number of aromatic nitrogens is 2. The molecule has 9 heteroatoms. The molecular weight excluding hydrogens is 370 g/mol. The molecule has 1 fully saturated rings. The molecule has 1 aromatic carbocycles. The summed E-state index contributed by atoms with van der Waals surface area (Å²) in [5, 5.41) is 2.64. The molecule has 3 rings (SSSR count). The number of aliphatic imine (C=N–C) groups is 1. The smallest absolute Gasteiger partial charge is 0.344 e. The van der Waals surface area contributed by atoms with Gasteiger partial charge in [0.1, 0.15) is 0 Å². The molecule has 9 nitrogen and oxygen atoms in total. The van der Waals surface area contributed by atoms with Crippen LogP contribution >= 0.6 is 0 Å². The van der Waals surface area contributed by atoms with Gasteiger partial charge >= 0.3 is 6.03 Å². The minimum atomic E-state index is -0.573. The Morgan fingerprint density at radius 1 is 1.24 bits per heavy atom. The highest BCUT2D eigenvalue weighted by molar-refractivity contribution is 5.90. The number of amides is 2. The summed E-state index contributed by atoms with van der Waals surface area (Å²) in [6.07, 6.45) is 5.80. The first kappa shape index (κ1) is 20.5. The molecule has 0 atom stereocenters. The van der Waals surface area contributed by atoms with Crippen LogP contribution in [0.15, 0.2) is 41.7 Å². The fourth-order valence-electron chi connectivity index (χ4n) is 3.26. The monoisotopic (exact) mass is 397 g/mol. The number of hydrogen-bond acceptors (Lipinski definition) is 5. The van der Waals surface area contributed by atoms with Crippen LogP contribution in [0.3, 0.4) is 0 Å². The summed E-state index contributed by atoms with van der Waals surface area (Å²) in [7, 11) is 2.02. The van der Waals surface area contributed by atoms with Crippen LogP contribution in [0.2, 0.25) is 0 Å². The maximum absolute atomic E-state index is 11.5. The van der Waals surface area contributed by atoms with Gasteiger partial charge in [-0.3, -0.25) is 0 Å². The molecule has 1 aliphatic heterocycles. The minimum absolute atomic E-state index is 0.268. The second kappa shape index (κ2) is 9.83. The Balaban J connectivity index is 1.62. The van der Waals surface area contributed by atoms with Crippen molar-refractivity contribution in [3.8, 4) is 11.1 Å². The molecule has 154 valence electrons. The molecule has 5 N–H and O–H groups in total. The predicted octanol–water partition coefficient (Wildman–Crippen LogP) is 1.49. The Hall–Kier alpha value is -3.20. The van der Waals surface area contributed by atoms with Gasteiger partial charge in [0.15, 0.2) is 5.96 Å². The van der Waals surface area contributed by atoms with E-state index in [0.717, 1.165) is 49.3 Å². The van der Waals surface area contributed by atoms with Crippen LogP contribution in [-0.4, -0.2) is 48.8 Å². The number of rotatable bonds is 6. The van der Waals surface area contributed by atoms with E-state index < -0.39 is 6.03 Å². The van der Waals surface area contributed by atoms with Crippen molar-refractivity contribution in [2.75, 3.05) is 31.7 Å². The number of nitrogens with zero attached hydrogens (tertiary/aromatic N) is 4. The molecule has 0 unspecified atom stereocenters. The summed E-state index contributed by atoms with van der Waals surface area (Å²) in [6, 6.07) is 7.21. The maximum Gasteiger partial charge on any atom is 0.344 e. The second-order valence-electron chi connectivity index (χ2n) is 7.10. The van der Waals surface area contributed by atoms with Gasteiger partial charge in [-0.15, -0.1) is 0 Å². The molecule has 0 saturated carbocycles. The van der Waals surface area contributed by atoms with Gasteiger partial charge < -0.3 is 26.4 Å². The highest BCUT2D eigenvalue weighted by atomic mass is 16.5. The number of anilines is 1. The van der Waals surface area contributed by atoms with Crippen LogP contribution in [0.5, 0.6) is 0 Å². The van der Waals surface area contributed by atoms with Crippen LogP contribution in [0, 0.1) is 5.92 Å². The Morgan fingerprint density at radius 3 is 2.66 bits per heavy atom. The fraction of sp³-hybridized carbons (Fsp3) is 0.400. The molecule has 1 saturated heterocycles. The number of carbonyl (C=O) groups is 1. The largest absolute Gasteiger partial charge is 0.381 e. The van der Waals surface area contributed by atoms with E-state index in [4.69, 9.17) is 16.2 Å². The molecule has 2 amide bonds. The van der Waals surface area contributed by atoms with Gasteiger partial charge in [0.05, 0.1) is 0 Å². The molecular formula is C20H27N7O2. The van der Waals surface area contributed by atoms with Crippen molar-refractivity contribution in [3.63, 3.8) is 0 Å². The molecule has 1 aromatic heterocycles. The summed E-state index contributed by atoms with van der Waals surface area (Å²) in [4.78, 5) is 26.1. The Morgan fingerprint density at radius 2 is 1.97 bits per heavy atom. The zero-order valence-electron chi connectivity index (χ0n) is 16.5. The molecule has 0 spiro atoms. The Bertz CT molecular complexity index is 844. The standard InChI is InChI=1S/C20H27N7O2/c1-27(13-14-5-7-29-8-6-14)19-23-11-17(12-24-19)16-4-2-3-15(9-16)10-25-20(28)26-18(21)22/h2-4,9,11-12,14H,5-8,10,13H2,1H3,(H5,21,22,25,26,28). The molecule has 2 heterocycles. The molecule has 1 aliphatic rings. The van der Waals surface area contributed by atoms with Crippen LogP contribution in [0.1, 0.15) is 18.4 Å². The fourth-order valence-corrected chi connectivity index (χ4v) is 3.26. The third-order valence-corrected chi connectivity index (χ3v) is 4.79. The lowest BCUT2D eigenvalue weighted by Crippen LogP contribution is -2.30. The van der Waals surface area contributed by atoms with Crippen molar-refractivity contribution < 1.29 is 9.53 Å². The lowest BCUT2D eigenvalue weighted by Gasteiger charge is -2.27. The van der Waals surface area contributed by atoms with Crippen molar-refractivity contribution in [3.05, 3.63) is 42.2 Å². The average Bonchev–Trinajstić information content (AvgIpc) is 2.73. The molecule has 0 radical (unpaired) electrons. The molecule has 2 aromatic rings. The SMILES string of the molecule is CN(CC1CCOCC1)c1ncc(-c2cccc(CNC(=O)N=C(N)N)c2)cn1. The first-order valence-electron chi connectivity index (χ1n) is 9.59. The first-order chi connectivity index (χ1) is 14.0. The number of nitrogens with one attached hydrogen (secondary N) is 1. The molecule has 0 aliphatic carbocycles. The van der Waals surface area contributed by atoms with E-state index in [1.807, 2.05) is 43.7 Å². The van der Waals surface area contributed by atoms with Crippen LogP contribution in [0.4, 0.5) is 10.7 Å². The zero-order valence-corrected chi connectivity index (χ0v) is 16.5. The van der Waals surface area contributed by atoms with Crippen LogP contribution in [-0.2, 0) is 11.3 Å². The second-order valence-corrected chi connectivity index (χ2v) is 7.10. The third-order valence-electron chi connectivity index (χ3n) is 4.79. The van der Waals surface area contributed by atoms with E-state index in [1.54, 1.807) is 0 Å². The predicted molar refractivity (Wildman–Crippen MR) is 112 cm³/mol. The van der Waals surface area contributed by atoms with Gasteiger partial charge in [-0.2, -0.15) is 4.99 Å². The van der Waals surface area contributed by atoms with Crippen LogP contribution < -0.4 is 21.7 Å². The number of nitrogens with two attached hydrogens (primary N) is 2. The Kier molecular flexibility index (Phi) is 6.96. The van der Waals surface area contributed by atoms with Gasteiger partial charge in [-0.05, 0) is 36.0 Å². The summed E-state index contributed by atoms with van der Waals surface area (Å²) < 4.78 is 5.42. The lowest BCUT2D eigenvalue weighted by atomic mass is 10.00. The minimum Gasteiger partial charge on any atom is -0.381 e. The van der Waals surface area contributed by atoms with Crippen molar-refractivity contribution in [2.45, 2.75) is 19.4 Å². The topological polar surface area (TPSA) is 132 Å². The number of benzene rings is 1. The molecule has 0 bridgehead atoms. The van der Waals surface area contributed by atoms with Gasteiger partial charge in [-0.25, -0.2) is 14.8 Å². The van der Waals surface area contributed by atoms with Gasteiger partial charge in [-0.1, -0.05) is 18.2 Å². The lowest BCUT2D eigenvalue weighted by molar-refractivity contribution is 0.0684. The summed E-state index contributed by atoms with van der Waals surface area (Å²) in [6.45, 7) is 2.91. The van der Waals surface area contributed by atoms with Crippen molar-refractivity contribution >= 4 is 17.9 Å². The summed E-state index contributed by atoms with van der Waals surface area (Å²) in [5.74, 6) is 1.05. The van der Waals surface area contributed by atoms with Crippen molar-refractivity contribution in [1.29, 1.82) is 0 Å². The zero-order chi connectivity index (χ0) is 20.6. The third kappa shape index (κ3) is 6.15. The van der Waals surface area contributed by atoms with E-state index in [0.29, 0.717) is 18.4 Å². The Labute approximate surface area is 170 Å². The summed E-state index contributed by atoms with van der Waals surface area (Å²) in [5.41, 5.74) is 13.2. The van der Waals surface area contributed by atoms with Gasteiger partial charge in [0, 0.05) is 51.3 Å². The van der Waals surface area contributed by atoms with E-state index in [1.165, 1.54) is 0 Å². The van der Waals surface area contributed by atoms with Gasteiger partial charge in [0.25, 0.3) is 0 Å². The number of urea groups is 1. The first-order valence-corrected chi connectivity index (χ1v) is 9.59. The van der Waals surface area contributed by atoms with Crippen molar-refractivity contribution in [2.24, 2.45) is 22.4 Å². The number of carbonyl (C=O) groups excluding carboxylic acids is 1. The van der Waals surface area contributed by atoms with E-state index in [2.05, 4.69) is 25.2 Å². The van der Waals surface area contributed by atoms with Crippen molar-refractivity contribution in [1.82, 2.24) is 15.3 Å². The number of hydrogen-bond donors (Lipinski definition) is 3. The van der Waals surface area contributed by atoms with E-state index in [-0.39, 0.29) is 5.96 Å². The maximum atomic E-state index is 11.5. The van der Waals surface area contributed by atoms with E-state index in [9.17, 15) is 4.79 Å². The quantitative estimate of drug-likeness (QED) is 0.497. The van der Waals surface area contributed by atoms with Crippen LogP contribution in [0.25, 0.3) is 11.1 Å².